The van der Waals surface area contributed by atoms with Crippen LogP contribution in [0.3, 0.4) is 0 Å². The molecular weight excluding hydrogens is 144 g/mol. The largest absolute Gasteiger partial charge is 0.103 e. The van der Waals surface area contributed by atoms with Crippen LogP contribution < -0.4 is 0 Å². The maximum Gasteiger partial charge on any atom is -0.0100 e. The van der Waals surface area contributed by atoms with Crippen molar-refractivity contribution >= 4 is 0 Å². The van der Waals surface area contributed by atoms with Crippen LogP contribution >= 0.6 is 0 Å². The Bertz CT molecular complexity index is 206. The van der Waals surface area contributed by atoms with E-state index in [2.05, 4.69) is 37.8 Å². The zero-order valence-corrected chi connectivity index (χ0v) is 8.30. The molecule has 0 aromatic heterocycles. The van der Waals surface area contributed by atoms with Crippen LogP contribution in [0.25, 0.3) is 0 Å². The Hall–Kier alpha value is -1.04. The third kappa shape index (κ3) is 3.97. The van der Waals surface area contributed by atoms with Crippen molar-refractivity contribution in [1.29, 1.82) is 0 Å². The van der Waals surface area contributed by atoms with E-state index in [4.69, 9.17) is 0 Å². The molecule has 0 nitrogen and oxygen atoms in total. The number of benzene rings is 1. The van der Waals surface area contributed by atoms with Crippen LogP contribution in [0.2, 0.25) is 0 Å². The van der Waals surface area contributed by atoms with Crippen LogP contribution in [0.5, 0.6) is 0 Å². The number of rotatable bonds is 2. The van der Waals surface area contributed by atoms with E-state index in [0.29, 0.717) is 0 Å². The van der Waals surface area contributed by atoms with E-state index in [-0.39, 0.29) is 0 Å². The second-order valence-corrected chi connectivity index (χ2v) is 2.48. The van der Waals surface area contributed by atoms with Gasteiger partial charge in [0.1, 0.15) is 0 Å². The van der Waals surface area contributed by atoms with Crippen LogP contribution in [0.15, 0.2) is 36.9 Å². The molecule has 1 rings (SSSR count). The average molecular weight is 162 g/mol. The summed E-state index contributed by atoms with van der Waals surface area (Å²) in [4.78, 5) is 0. The lowest BCUT2D eigenvalue weighted by atomic mass is 10.1. The highest BCUT2D eigenvalue weighted by molar-refractivity contribution is 5.22. The van der Waals surface area contributed by atoms with Crippen LogP contribution in [-0.2, 0) is 6.42 Å². The third-order valence-corrected chi connectivity index (χ3v) is 1.50. The van der Waals surface area contributed by atoms with Gasteiger partial charge in [0.15, 0.2) is 0 Å². The van der Waals surface area contributed by atoms with E-state index in [1.807, 2.05) is 19.9 Å². The molecule has 0 spiro atoms. The molecule has 0 aliphatic heterocycles. The highest BCUT2D eigenvalue weighted by Gasteiger charge is 1.86. The van der Waals surface area contributed by atoms with Crippen LogP contribution in [0.4, 0.5) is 0 Å². The zero-order valence-electron chi connectivity index (χ0n) is 8.30. The first-order valence-corrected chi connectivity index (χ1v) is 4.49. The van der Waals surface area contributed by atoms with E-state index in [0.717, 1.165) is 6.42 Å². The molecule has 0 saturated carbocycles. The fourth-order valence-corrected chi connectivity index (χ4v) is 0.891. The van der Waals surface area contributed by atoms with Crippen molar-refractivity contribution in [2.75, 3.05) is 0 Å². The Morgan fingerprint density at radius 2 is 1.67 bits per heavy atom. The number of hydrogen-bond acceptors (Lipinski definition) is 0. The molecule has 0 aliphatic rings. The van der Waals surface area contributed by atoms with Crippen molar-refractivity contribution < 1.29 is 0 Å². The molecule has 0 radical (unpaired) electrons. The summed E-state index contributed by atoms with van der Waals surface area (Å²) in [5, 5.41) is 0. The summed E-state index contributed by atoms with van der Waals surface area (Å²) in [6.45, 7) is 9.77. The summed E-state index contributed by atoms with van der Waals surface area (Å²) in [5.41, 5.74) is 2.65. The van der Waals surface area contributed by atoms with E-state index in [1.165, 1.54) is 11.1 Å². The van der Waals surface area contributed by atoms with Crippen molar-refractivity contribution in [2.24, 2.45) is 0 Å². The summed E-state index contributed by atoms with van der Waals surface area (Å²) in [7, 11) is 0. The van der Waals surface area contributed by atoms with Gasteiger partial charge >= 0.3 is 0 Å². The van der Waals surface area contributed by atoms with E-state index >= 15 is 0 Å². The fourth-order valence-electron chi connectivity index (χ4n) is 0.891. The Morgan fingerprint density at radius 1 is 1.17 bits per heavy atom. The van der Waals surface area contributed by atoms with Crippen LogP contribution in [-0.4, -0.2) is 0 Å². The summed E-state index contributed by atoms with van der Waals surface area (Å²) >= 11 is 0. The van der Waals surface area contributed by atoms with Gasteiger partial charge in [-0.15, -0.1) is 6.58 Å². The Kier molecular flexibility index (Phi) is 6.08. The molecule has 0 unspecified atom stereocenters. The average Bonchev–Trinajstić information content (AvgIpc) is 2.13. The van der Waals surface area contributed by atoms with Gasteiger partial charge in [-0.05, 0) is 18.9 Å². The first kappa shape index (κ1) is 11.0. The molecule has 0 N–H and O–H groups in total. The van der Waals surface area contributed by atoms with E-state index < -0.39 is 0 Å². The molecular formula is C12H18. The molecule has 1 aromatic carbocycles. The zero-order chi connectivity index (χ0) is 9.40. The summed E-state index contributed by atoms with van der Waals surface area (Å²) in [6.07, 6.45) is 2.89. The summed E-state index contributed by atoms with van der Waals surface area (Å²) < 4.78 is 0. The van der Waals surface area contributed by atoms with Crippen LogP contribution in [0, 0.1) is 6.92 Å². The van der Waals surface area contributed by atoms with Gasteiger partial charge in [0, 0.05) is 0 Å². The highest BCUT2D eigenvalue weighted by Crippen LogP contribution is 2.03. The third-order valence-electron chi connectivity index (χ3n) is 1.50. The summed E-state index contributed by atoms with van der Waals surface area (Å²) in [5.74, 6) is 0. The molecule has 0 heteroatoms. The number of allylic oxidation sites excluding steroid dienone is 1. The molecule has 0 saturated heterocycles. The van der Waals surface area contributed by atoms with Crippen LogP contribution in [0.1, 0.15) is 25.0 Å². The van der Waals surface area contributed by atoms with E-state index in [9.17, 15) is 0 Å². The second-order valence-electron chi connectivity index (χ2n) is 2.48. The summed E-state index contributed by atoms with van der Waals surface area (Å²) in [6, 6.07) is 8.52. The first-order valence-electron chi connectivity index (χ1n) is 4.49. The molecule has 0 fully saturated rings. The smallest absolute Gasteiger partial charge is 0.0100 e. The van der Waals surface area contributed by atoms with Gasteiger partial charge in [-0.2, -0.15) is 0 Å². The minimum Gasteiger partial charge on any atom is -0.103 e. The lowest BCUT2D eigenvalue weighted by molar-refractivity contribution is 1.26. The molecule has 0 atom stereocenters. The lowest BCUT2D eigenvalue weighted by Crippen LogP contribution is -1.79. The van der Waals surface area contributed by atoms with Crippen molar-refractivity contribution in [2.45, 2.75) is 27.2 Å². The maximum atomic E-state index is 3.68. The predicted molar refractivity (Wildman–Crippen MR) is 56.4 cm³/mol. The van der Waals surface area contributed by atoms with Gasteiger partial charge in [0.2, 0.25) is 0 Å². The minimum atomic E-state index is 0.972. The predicted octanol–water partition coefficient (Wildman–Crippen LogP) is 3.75. The maximum absolute atomic E-state index is 3.68. The van der Waals surface area contributed by atoms with E-state index in [1.54, 1.807) is 0 Å². The van der Waals surface area contributed by atoms with Gasteiger partial charge in [-0.1, -0.05) is 49.8 Å². The van der Waals surface area contributed by atoms with Gasteiger partial charge in [0.05, 0.1) is 0 Å². The van der Waals surface area contributed by atoms with Gasteiger partial charge < -0.3 is 0 Å². The molecule has 0 aliphatic carbocycles. The van der Waals surface area contributed by atoms with Crippen molar-refractivity contribution in [3.63, 3.8) is 0 Å². The topological polar surface area (TPSA) is 0 Å². The number of aryl methyl sites for hydroxylation is 1. The normalized spacial score (nSPS) is 8.25. The standard InChI is InChI=1S/C10H12.C2H6/c1-3-4-10-7-5-9(2)6-8-10;1-2/h3,5-8H,1,4H2,2H3;1-2H3. The Labute approximate surface area is 75.9 Å². The highest BCUT2D eigenvalue weighted by atomic mass is 13.9. The molecule has 1 aromatic rings. The molecule has 0 heterocycles. The fraction of sp³-hybridized carbons (Fsp3) is 0.333. The Balaban J connectivity index is 0.000000561. The first-order chi connectivity index (χ1) is 5.83. The van der Waals surface area contributed by atoms with Gasteiger partial charge in [0.25, 0.3) is 0 Å². The second kappa shape index (κ2) is 6.66. The van der Waals surface area contributed by atoms with Gasteiger partial charge in [-0.25, -0.2) is 0 Å². The molecule has 0 amide bonds. The quantitative estimate of drug-likeness (QED) is 0.581. The van der Waals surface area contributed by atoms with Gasteiger partial charge in [-0.3, -0.25) is 0 Å². The minimum absolute atomic E-state index is 0.972. The monoisotopic (exact) mass is 162 g/mol. The van der Waals surface area contributed by atoms with Crippen molar-refractivity contribution in [1.82, 2.24) is 0 Å². The SMILES string of the molecule is C=CCc1ccc(C)cc1.CC. The van der Waals surface area contributed by atoms with Crippen molar-refractivity contribution in [3.05, 3.63) is 48.0 Å². The molecule has 12 heavy (non-hydrogen) atoms. The van der Waals surface area contributed by atoms with Crippen molar-refractivity contribution in [3.8, 4) is 0 Å². The Morgan fingerprint density at radius 3 is 2.08 bits per heavy atom. The molecule has 66 valence electrons. The lowest BCUT2D eigenvalue weighted by Gasteiger charge is -1.95. The molecule has 0 bridgehead atoms. The number of hydrogen-bond donors (Lipinski definition) is 0.